The van der Waals surface area contributed by atoms with Crippen LogP contribution in [0, 0.1) is 5.41 Å². The van der Waals surface area contributed by atoms with Gasteiger partial charge in [-0.3, -0.25) is 5.41 Å². The second-order valence-corrected chi connectivity index (χ2v) is 5.34. The normalized spacial score (nSPS) is 16.6. The third-order valence-corrected chi connectivity index (χ3v) is 3.84. The van der Waals surface area contributed by atoms with Gasteiger partial charge in [-0.1, -0.05) is 12.8 Å². The molecule has 1 aromatic carbocycles. The van der Waals surface area contributed by atoms with Crippen molar-refractivity contribution in [1.82, 2.24) is 0 Å². The van der Waals surface area contributed by atoms with Crippen LogP contribution in [0.5, 0.6) is 0 Å². The van der Waals surface area contributed by atoms with Gasteiger partial charge in [-0.05, 0) is 47.0 Å². The summed E-state index contributed by atoms with van der Waals surface area (Å²) < 4.78 is 1.03. The van der Waals surface area contributed by atoms with Gasteiger partial charge in [0.15, 0.2) is 0 Å². The van der Waals surface area contributed by atoms with E-state index in [2.05, 4.69) is 26.9 Å². The van der Waals surface area contributed by atoms with Gasteiger partial charge in [-0.2, -0.15) is 0 Å². The molecule has 92 valence electrons. The Bertz CT molecular complexity index is 409. The van der Waals surface area contributed by atoms with Crippen molar-refractivity contribution < 1.29 is 0 Å². The van der Waals surface area contributed by atoms with Crippen LogP contribution < -0.4 is 10.6 Å². The average Bonchev–Trinajstić information content (AvgIpc) is 2.57. The zero-order valence-corrected chi connectivity index (χ0v) is 11.5. The summed E-state index contributed by atoms with van der Waals surface area (Å²) in [5.74, 6) is 0.119. The van der Waals surface area contributed by atoms with Gasteiger partial charge >= 0.3 is 0 Å². The molecule has 0 bridgehead atoms. The van der Waals surface area contributed by atoms with E-state index in [1.54, 1.807) is 0 Å². The van der Waals surface area contributed by atoms with Gasteiger partial charge in [0.25, 0.3) is 0 Å². The fourth-order valence-corrected chi connectivity index (χ4v) is 2.87. The third-order valence-electron chi connectivity index (χ3n) is 3.21. The molecular weight excluding hydrogens is 278 g/mol. The van der Waals surface area contributed by atoms with Crippen LogP contribution in [0.2, 0.25) is 0 Å². The van der Waals surface area contributed by atoms with Gasteiger partial charge in [0.05, 0.1) is 5.69 Å². The molecule has 1 aliphatic heterocycles. The molecule has 0 amide bonds. The van der Waals surface area contributed by atoms with Gasteiger partial charge in [-0.15, -0.1) is 0 Å². The summed E-state index contributed by atoms with van der Waals surface area (Å²) in [6.45, 7) is 2.25. The number of nitrogens with one attached hydrogen (secondary N) is 1. The van der Waals surface area contributed by atoms with Crippen LogP contribution in [-0.2, 0) is 0 Å². The highest BCUT2D eigenvalue weighted by molar-refractivity contribution is 9.10. The lowest BCUT2D eigenvalue weighted by Crippen LogP contribution is -2.24. The maximum Gasteiger partial charge on any atom is 0.122 e. The number of benzene rings is 1. The minimum absolute atomic E-state index is 0.119. The average molecular weight is 296 g/mol. The molecule has 1 heterocycles. The first-order valence-electron chi connectivity index (χ1n) is 6.07. The third kappa shape index (κ3) is 3.00. The summed E-state index contributed by atoms with van der Waals surface area (Å²) in [7, 11) is 0. The summed E-state index contributed by atoms with van der Waals surface area (Å²) in [5.41, 5.74) is 7.48. The highest BCUT2D eigenvalue weighted by atomic mass is 79.9. The van der Waals surface area contributed by atoms with E-state index in [1.807, 2.05) is 12.1 Å². The van der Waals surface area contributed by atoms with Crippen LogP contribution in [-0.4, -0.2) is 18.9 Å². The van der Waals surface area contributed by atoms with Crippen LogP contribution in [0.3, 0.4) is 0 Å². The van der Waals surface area contributed by atoms with Crippen LogP contribution in [0.1, 0.15) is 31.2 Å². The molecule has 3 N–H and O–H groups in total. The Morgan fingerprint density at radius 3 is 2.35 bits per heavy atom. The molecule has 4 heteroatoms. The Balaban J connectivity index is 2.22. The number of amidine groups is 1. The number of hydrogen-bond donors (Lipinski definition) is 2. The molecule has 17 heavy (non-hydrogen) atoms. The second-order valence-electron chi connectivity index (χ2n) is 4.48. The Morgan fingerprint density at radius 1 is 1.18 bits per heavy atom. The van der Waals surface area contributed by atoms with E-state index < -0.39 is 0 Å². The molecule has 1 aliphatic rings. The van der Waals surface area contributed by atoms with E-state index in [9.17, 15) is 0 Å². The van der Waals surface area contributed by atoms with Gasteiger partial charge in [0, 0.05) is 23.1 Å². The van der Waals surface area contributed by atoms with Crippen molar-refractivity contribution in [2.75, 3.05) is 18.0 Å². The van der Waals surface area contributed by atoms with E-state index in [0.717, 1.165) is 23.1 Å². The molecule has 0 saturated carbocycles. The van der Waals surface area contributed by atoms with E-state index in [0.29, 0.717) is 0 Å². The lowest BCUT2D eigenvalue weighted by molar-refractivity contribution is 0.726. The molecule has 0 unspecified atom stereocenters. The van der Waals surface area contributed by atoms with Crippen molar-refractivity contribution in [3.05, 3.63) is 28.2 Å². The van der Waals surface area contributed by atoms with E-state index in [1.165, 1.54) is 31.4 Å². The summed E-state index contributed by atoms with van der Waals surface area (Å²) in [6.07, 6.45) is 5.20. The quantitative estimate of drug-likeness (QED) is 0.651. The van der Waals surface area contributed by atoms with Gasteiger partial charge < -0.3 is 10.6 Å². The number of nitrogens with two attached hydrogens (primary N) is 1. The summed E-state index contributed by atoms with van der Waals surface area (Å²) in [5, 5.41) is 7.43. The van der Waals surface area contributed by atoms with Crippen LogP contribution >= 0.6 is 15.9 Å². The molecular formula is C13H18BrN3. The van der Waals surface area contributed by atoms with Crippen LogP contribution in [0.4, 0.5) is 5.69 Å². The van der Waals surface area contributed by atoms with Crippen molar-refractivity contribution in [2.45, 2.75) is 25.7 Å². The van der Waals surface area contributed by atoms with Crippen molar-refractivity contribution in [2.24, 2.45) is 5.73 Å². The molecule has 2 rings (SSSR count). The molecule has 1 saturated heterocycles. The zero-order valence-electron chi connectivity index (χ0n) is 9.88. The number of anilines is 1. The summed E-state index contributed by atoms with van der Waals surface area (Å²) in [4.78, 5) is 2.42. The monoisotopic (exact) mass is 295 g/mol. The van der Waals surface area contributed by atoms with Gasteiger partial charge in [0.1, 0.15) is 5.84 Å². The maximum atomic E-state index is 7.43. The Kier molecular flexibility index (Phi) is 4.05. The summed E-state index contributed by atoms with van der Waals surface area (Å²) in [6, 6.07) is 5.92. The van der Waals surface area contributed by atoms with E-state index in [-0.39, 0.29) is 5.84 Å². The standard InChI is InChI=1S/C13H18BrN3/c14-11-9-10(13(15)16)5-6-12(11)17-7-3-1-2-4-8-17/h5-6,9H,1-4,7-8H2,(H3,15,16). The SMILES string of the molecule is N=C(N)c1ccc(N2CCCCCC2)c(Br)c1. The molecule has 1 fully saturated rings. The molecule has 0 spiro atoms. The predicted molar refractivity (Wildman–Crippen MR) is 75.8 cm³/mol. The maximum absolute atomic E-state index is 7.43. The predicted octanol–water partition coefficient (Wildman–Crippen LogP) is 3.11. The number of nitrogen functional groups attached to an aromatic ring is 1. The fourth-order valence-electron chi connectivity index (χ4n) is 2.24. The van der Waals surface area contributed by atoms with Gasteiger partial charge in [-0.25, -0.2) is 0 Å². The zero-order chi connectivity index (χ0) is 12.3. The topological polar surface area (TPSA) is 53.1 Å². The largest absolute Gasteiger partial charge is 0.384 e. The highest BCUT2D eigenvalue weighted by Gasteiger charge is 2.13. The number of rotatable bonds is 2. The van der Waals surface area contributed by atoms with E-state index >= 15 is 0 Å². The smallest absolute Gasteiger partial charge is 0.122 e. The van der Waals surface area contributed by atoms with Crippen molar-refractivity contribution >= 4 is 27.5 Å². The first-order chi connectivity index (χ1) is 8.18. The van der Waals surface area contributed by atoms with E-state index in [4.69, 9.17) is 11.1 Å². The Labute approximate surface area is 111 Å². The Morgan fingerprint density at radius 2 is 1.82 bits per heavy atom. The fraction of sp³-hybridized carbons (Fsp3) is 0.462. The molecule has 0 atom stereocenters. The van der Waals surface area contributed by atoms with Crippen LogP contribution in [0.15, 0.2) is 22.7 Å². The van der Waals surface area contributed by atoms with Crippen molar-refractivity contribution in [3.63, 3.8) is 0 Å². The van der Waals surface area contributed by atoms with Crippen LogP contribution in [0.25, 0.3) is 0 Å². The molecule has 1 aromatic rings. The lowest BCUT2D eigenvalue weighted by atomic mass is 10.2. The first-order valence-corrected chi connectivity index (χ1v) is 6.86. The highest BCUT2D eigenvalue weighted by Crippen LogP contribution is 2.29. The number of hydrogen-bond acceptors (Lipinski definition) is 2. The lowest BCUT2D eigenvalue weighted by Gasteiger charge is -2.24. The summed E-state index contributed by atoms with van der Waals surface area (Å²) >= 11 is 3.58. The number of halogens is 1. The minimum Gasteiger partial charge on any atom is -0.384 e. The molecule has 0 aliphatic carbocycles. The number of nitrogens with zero attached hydrogens (tertiary/aromatic N) is 1. The minimum atomic E-state index is 0.119. The van der Waals surface area contributed by atoms with Crippen molar-refractivity contribution in [1.29, 1.82) is 5.41 Å². The molecule has 0 radical (unpaired) electrons. The second kappa shape index (κ2) is 5.54. The molecule has 3 nitrogen and oxygen atoms in total. The van der Waals surface area contributed by atoms with Gasteiger partial charge in [0.2, 0.25) is 0 Å². The molecule has 0 aromatic heterocycles. The first kappa shape index (κ1) is 12.4. The Hall–Kier alpha value is -1.03. The van der Waals surface area contributed by atoms with Crippen molar-refractivity contribution in [3.8, 4) is 0 Å².